The maximum absolute atomic E-state index is 13.8. The topological polar surface area (TPSA) is 64.0 Å². The number of rotatable bonds is 5. The summed E-state index contributed by atoms with van der Waals surface area (Å²) in [6.45, 7) is -0.0296. The Hall–Kier alpha value is -2.52. The lowest BCUT2D eigenvalue weighted by Gasteiger charge is -2.07. The molecule has 2 aromatic carbocycles. The Kier molecular flexibility index (Phi) is 4.92. The summed E-state index contributed by atoms with van der Waals surface area (Å²) >= 11 is 5.94. The molecule has 1 heterocycles. The van der Waals surface area contributed by atoms with Gasteiger partial charge in [0, 0.05) is 28.9 Å². The van der Waals surface area contributed by atoms with Gasteiger partial charge in [-0.2, -0.15) is 5.10 Å². The zero-order chi connectivity index (χ0) is 18.9. The average Bonchev–Trinajstić information content (AvgIpc) is 2.97. The Balaban J connectivity index is 1.82. The van der Waals surface area contributed by atoms with Gasteiger partial charge in [0.25, 0.3) is 10.0 Å². The molecule has 0 fully saturated rings. The summed E-state index contributed by atoms with van der Waals surface area (Å²) in [5.74, 6) is -2.76. The van der Waals surface area contributed by atoms with E-state index in [1.54, 1.807) is 0 Å². The molecule has 0 spiro atoms. The molecule has 136 valence electrons. The zero-order valence-electron chi connectivity index (χ0n) is 13.0. The maximum Gasteiger partial charge on any atom is 0.266 e. The first-order valence-electron chi connectivity index (χ1n) is 7.20. The highest BCUT2D eigenvalue weighted by atomic mass is 35.5. The van der Waals surface area contributed by atoms with Crippen LogP contribution in [-0.2, 0) is 16.6 Å². The highest BCUT2D eigenvalue weighted by Crippen LogP contribution is 2.21. The molecule has 0 amide bonds. The van der Waals surface area contributed by atoms with E-state index in [-0.39, 0.29) is 22.9 Å². The highest BCUT2D eigenvalue weighted by molar-refractivity contribution is 7.92. The van der Waals surface area contributed by atoms with Gasteiger partial charge in [-0.25, -0.2) is 21.6 Å². The predicted octanol–water partition coefficient (Wildman–Crippen LogP) is 3.80. The van der Waals surface area contributed by atoms with Crippen LogP contribution < -0.4 is 4.72 Å². The van der Waals surface area contributed by atoms with Gasteiger partial charge in [0.15, 0.2) is 5.82 Å². The molecule has 26 heavy (non-hydrogen) atoms. The molecular formula is C16H11ClF3N3O2S. The standard InChI is InChI=1S/C16H11ClF3N3O2S/c17-12-2-1-3-13(19)11(12)9-23-7-6-16(21-23)22-26(24,25)15-5-4-10(18)8-14(15)20/h1-8H,9H2,(H,21,22). The van der Waals surface area contributed by atoms with Crippen LogP contribution in [0.25, 0.3) is 0 Å². The average molecular weight is 402 g/mol. The van der Waals surface area contributed by atoms with Crippen LogP contribution in [0.1, 0.15) is 5.56 Å². The molecular weight excluding hydrogens is 391 g/mol. The first-order valence-corrected chi connectivity index (χ1v) is 9.06. The minimum atomic E-state index is -4.30. The Bertz CT molecular complexity index is 1050. The Morgan fingerprint density at radius 3 is 2.54 bits per heavy atom. The number of benzene rings is 2. The minimum Gasteiger partial charge on any atom is -0.266 e. The molecule has 0 saturated carbocycles. The molecule has 0 aliphatic rings. The fourth-order valence-electron chi connectivity index (χ4n) is 2.24. The second kappa shape index (κ2) is 7.00. The zero-order valence-corrected chi connectivity index (χ0v) is 14.5. The molecule has 0 aliphatic heterocycles. The monoisotopic (exact) mass is 401 g/mol. The van der Waals surface area contributed by atoms with Gasteiger partial charge in [-0.05, 0) is 24.3 Å². The van der Waals surface area contributed by atoms with Crippen molar-refractivity contribution < 1.29 is 21.6 Å². The summed E-state index contributed by atoms with van der Waals surface area (Å²) in [4.78, 5) is -0.717. The van der Waals surface area contributed by atoms with E-state index < -0.39 is 32.4 Å². The van der Waals surface area contributed by atoms with E-state index in [9.17, 15) is 21.6 Å². The van der Waals surface area contributed by atoms with Crippen molar-refractivity contribution >= 4 is 27.4 Å². The number of nitrogens with one attached hydrogen (secondary N) is 1. The number of halogens is 4. The molecule has 0 aliphatic carbocycles. The van der Waals surface area contributed by atoms with Crippen LogP contribution in [0.2, 0.25) is 5.02 Å². The van der Waals surface area contributed by atoms with Crippen LogP contribution >= 0.6 is 11.6 Å². The smallest absolute Gasteiger partial charge is 0.266 e. The fourth-order valence-corrected chi connectivity index (χ4v) is 3.52. The summed E-state index contributed by atoms with van der Waals surface area (Å²) in [5.41, 5.74) is 0.191. The number of hydrogen-bond donors (Lipinski definition) is 1. The molecule has 0 bridgehead atoms. The van der Waals surface area contributed by atoms with Crippen LogP contribution in [0.3, 0.4) is 0 Å². The lowest BCUT2D eigenvalue weighted by Crippen LogP contribution is -2.15. The third kappa shape index (κ3) is 3.83. The summed E-state index contributed by atoms with van der Waals surface area (Å²) in [6, 6.07) is 7.64. The third-order valence-corrected chi connectivity index (χ3v) is 5.19. The lowest BCUT2D eigenvalue weighted by molar-refractivity contribution is 0.550. The van der Waals surface area contributed by atoms with Crippen molar-refractivity contribution in [2.45, 2.75) is 11.4 Å². The second-order valence-corrected chi connectivity index (χ2v) is 7.34. The Morgan fingerprint density at radius 2 is 1.85 bits per heavy atom. The Morgan fingerprint density at radius 1 is 1.08 bits per heavy atom. The first-order chi connectivity index (χ1) is 12.3. The molecule has 1 aromatic heterocycles. The van der Waals surface area contributed by atoms with Gasteiger partial charge in [-0.15, -0.1) is 0 Å². The van der Waals surface area contributed by atoms with E-state index in [1.165, 1.54) is 35.1 Å². The van der Waals surface area contributed by atoms with Crippen LogP contribution in [0.15, 0.2) is 53.6 Å². The molecule has 0 atom stereocenters. The van der Waals surface area contributed by atoms with Gasteiger partial charge >= 0.3 is 0 Å². The van der Waals surface area contributed by atoms with Gasteiger partial charge in [-0.1, -0.05) is 17.7 Å². The van der Waals surface area contributed by atoms with Crippen LogP contribution in [0, 0.1) is 17.5 Å². The summed E-state index contributed by atoms with van der Waals surface area (Å²) in [6.07, 6.45) is 1.40. The SMILES string of the molecule is O=S(=O)(Nc1ccn(Cc2c(F)cccc2Cl)n1)c1ccc(F)cc1F. The van der Waals surface area contributed by atoms with Gasteiger partial charge in [-0.3, -0.25) is 9.40 Å². The van der Waals surface area contributed by atoms with Crippen LogP contribution in [-0.4, -0.2) is 18.2 Å². The number of aromatic nitrogens is 2. The molecule has 0 saturated heterocycles. The second-order valence-electron chi connectivity index (χ2n) is 5.28. The molecule has 3 rings (SSSR count). The number of sulfonamides is 1. The predicted molar refractivity (Wildman–Crippen MR) is 89.9 cm³/mol. The van der Waals surface area contributed by atoms with Crippen molar-refractivity contribution in [3.05, 3.63) is 76.7 Å². The normalized spacial score (nSPS) is 11.5. The van der Waals surface area contributed by atoms with Crippen molar-refractivity contribution in [2.24, 2.45) is 0 Å². The largest absolute Gasteiger partial charge is 0.266 e. The number of nitrogens with zero attached hydrogens (tertiary/aromatic N) is 2. The molecule has 0 radical (unpaired) electrons. The molecule has 10 heteroatoms. The van der Waals surface area contributed by atoms with Crippen molar-refractivity contribution in [2.75, 3.05) is 4.72 Å². The van der Waals surface area contributed by atoms with Crippen molar-refractivity contribution in [1.29, 1.82) is 0 Å². The Labute approximate surface area is 152 Å². The molecule has 0 unspecified atom stereocenters. The third-order valence-electron chi connectivity index (χ3n) is 3.44. The van der Waals surface area contributed by atoms with E-state index in [0.717, 1.165) is 12.1 Å². The molecule has 3 aromatic rings. The van der Waals surface area contributed by atoms with Gasteiger partial charge in [0.1, 0.15) is 22.3 Å². The summed E-state index contributed by atoms with van der Waals surface area (Å²) in [5, 5.41) is 4.15. The van der Waals surface area contributed by atoms with Gasteiger partial charge < -0.3 is 0 Å². The summed E-state index contributed by atoms with van der Waals surface area (Å²) in [7, 11) is -4.30. The highest BCUT2D eigenvalue weighted by Gasteiger charge is 2.21. The maximum atomic E-state index is 13.8. The van der Waals surface area contributed by atoms with Crippen LogP contribution in [0.4, 0.5) is 19.0 Å². The van der Waals surface area contributed by atoms with Crippen molar-refractivity contribution in [1.82, 2.24) is 9.78 Å². The number of hydrogen-bond acceptors (Lipinski definition) is 3. The van der Waals surface area contributed by atoms with Crippen molar-refractivity contribution in [3.63, 3.8) is 0 Å². The molecule has 1 N–H and O–H groups in total. The van der Waals surface area contributed by atoms with Gasteiger partial charge in [0.05, 0.1) is 6.54 Å². The number of anilines is 1. The first kappa shape index (κ1) is 18.3. The quantitative estimate of drug-likeness (QED) is 0.707. The lowest BCUT2D eigenvalue weighted by atomic mass is 10.2. The van der Waals surface area contributed by atoms with E-state index in [4.69, 9.17) is 11.6 Å². The van der Waals surface area contributed by atoms with Crippen LogP contribution in [0.5, 0.6) is 0 Å². The fraction of sp³-hybridized carbons (Fsp3) is 0.0625. The van der Waals surface area contributed by atoms with Gasteiger partial charge in [0.2, 0.25) is 0 Å². The van der Waals surface area contributed by atoms with E-state index >= 15 is 0 Å². The minimum absolute atomic E-state index is 0.0296. The van der Waals surface area contributed by atoms with E-state index in [0.29, 0.717) is 6.07 Å². The van der Waals surface area contributed by atoms with Crippen molar-refractivity contribution in [3.8, 4) is 0 Å². The molecule has 5 nitrogen and oxygen atoms in total. The summed E-state index contributed by atoms with van der Waals surface area (Å²) < 4.78 is 68.2. The van der Waals surface area contributed by atoms with E-state index in [1.807, 2.05) is 0 Å². The van der Waals surface area contributed by atoms with E-state index in [2.05, 4.69) is 9.82 Å².